The largest absolute Gasteiger partial charge is 0.481 e. The molecule has 0 atom stereocenters. The van der Waals surface area contributed by atoms with Crippen LogP contribution in [0.3, 0.4) is 0 Å². The Morgan fingerprint density at radius 2 is 0.750 bits per heavy atom. The Morgan fingerprint density at radius 3 is 1.06 bits per heavy atom. The Hall–Kier alpha value is -0.790. The van der Waals surface area contributed by atoms with Crippen LogP contribution in [0.1, 0.15) is 174 Å². The Labute approximate surface area is 202 Å². The molecule has 0 aromatic rings. The van der Waals surface area contributed by atoms with Crippen LogP contribution in [0.15, 0.2) is 12.2 Å². The van der Waals surface area contributed by atoms with Gasteiger partial charge in [0.1, 0.15) is 0 Å². The van der Waals surface area contributed by atoms with Crippen LogP contribution in [0.2, 0.25) is 0 Å². The Bertz CT molecular complexity index is 388. The van der Waals surface area contributed by atoms with Crippen LogP contribution in [0.5, 0.6) is 0 Å². The first-order valence-corrected chi connectivity index (χ1v) is 14.6. The molecule has 0 bridgehead atoms. The van der Waals surface area contributed by atoms with Gasteiger partial charge >= 0.3 is 5.97 Å². The van der Waals surface area contributed by atoms with Crippen molar-refractivity contribution in [2.45, 2.75) is 174 Å². The molecule has 190 valence electrons. The quantitative estimate of drug-likeness (QED) is 0.0997. The molecule has 0 saturated carbocycles. The van der Waals surface area contributed by atoms with Crippen molar-refractivity contribution in [1.82, 2.24) is 0 Å². The highest BCUT2D eigenvalue weighted by Crippen LogP contribution is 2.15. The first-order valence-electron chi connectivity index (χ1n) is 14.6. The fraction of sp³-hybridized carbons (Fsp3) is 0.900. The van der Waals surface area contributed by atoms with Gasteiger partial charge < -0.3 is 5.11 Å². The predicted molar refractivity (Wildman–Crippen MR) is 142 cm³/mol. The van der Waals surface area contributed by atoms with Gasteiger partial charge in [0.15, 0.2) is 0 Å². The van der Waals surface area contributed by atoms with E-state index in [1.54, 1.807) is 0 Å². The maximum atomic E-state index is 10.4. The topological polar surface area (TPSA) is 37.3 Å². The molecule has 0 aliphatic rings. The minimum atomic E-state index is -0.650. The average Bonchev–Trinajstić information content (AvgIpc) is 2.78. The summed E-state index contributed by atoms with van der Waals surface area (Å²) in [4.78, 5) is 10.4. The van der Waals surface area contributed by atoms with Gasteiger partial charge in [0, 0.05) is 6.42 Å². The van der Waals surface area contributed by atoms with Crippen molar-refractivity contribution < 1.29 is 9.90 Å². The summed E-state index contributed by atoms with van der Waals surface area (Å²) in [7, 11) is 0. The molecule has 0 saturated heterocycles. The number of rotatable bonds is 27. The number of hydrogen-bond acceptors (Lipinski definition) is 1. The predicted octanol–water partition coefficient (Wildman–Crippen LogP) is 10.8. The second-order valence-electron chi connectivity index (χ2n) is 9.97. The molecular weight excluding hydrogens is 392 g/mol. The highest BCUT2D eigenvalue weighted by atomic mass is 16.4. The minimum absolute atomic E-state index is 0.345. The Morgan fingerprint density at radius 1 is 0.469 bits per heavy atom. The van der Waals surface area contributed by atoms with Gasteiger partial charge in [-0.15, -0.1) is 0 Å². The number of allylic oxidation sites excluding steroid dienone is 2. The van der Waals surface area contributed by atoms with Crippen LogP contribution >= 0.6 is 0 Å². The van der Waals surface area contributed by atoms with E-state index in [9.17, 15) is 4.79 Å². The molecule has 0 aromatic heterocycles. The summed E-state index contributed by atoms with van der Waals surface area (Å²) in [6.45, 7) is 2.28. The van der Waals surface area contributed by atoms with Crippen LogP contribution in [0.25, 0.3) is 0 Å². The summed E-state index contributed by atoms with van der Waals surface area (Å²) in [6.07, 6.45) is 39.0. The highest BCUT2D eigenvalue weighted by Gasteiger charge is 1.97. The molecule has 0 amide bonds. The van der Waals surface area contributed by atoms with Crippen molar-refractivity contribution >= 4 is 5.97 Å². The van der Waals surface area contributed by atoms with Gasteiger partial charge in [-0.25, -0.2) is 0 Å². The van der Waals surface area contributed by atoms with Gasteiger partial charge in [-0.3, -0.25) is 4.79 Å². The fourth-order valence-electron chi connectivity index (χ4n) is 4.47. The number of carboxylic acids is 1. The van der Waals surface area contributed by atoms with Gasteiger partial charge in [-0.05, 0) is 32.1 Å². The number of unbranched alkanes of at least 4 members (excludes halogenated alkanes) is 23. The zero-order valence-corrected chi connectivity index (χ0v) is 21.9. The van der Waals surface area contributed by atoms with E-state index in [2.05, 4.69) is 19.1 Å². The van der Waals surface area contributed by atoms with Crippen molar-refractivity contribution in [3.8, 4) is 0 Å². The molecule has 0 spiro atoms. The monoisotopic (exact) mass is 450 g/mol. The van der Waals surface area contributed by atoms with Crippen LogP contribution in [-0.2, 0) is 4.79 Å². The van der Waals surface area contributed by atoms with E-state index in [0.717, 1.165) is 12.8 Å². The lowest BCUT2D eigenvalue weighted by atomic mass is 10.0. The molecule has 0 rings (SSSR count). The maximum Gasteiger partial charge on any atom is 0.303 e. The standard InChI is InChI=1S/C30H58O2/c1-2-3-4-5-6-7-8-9-10-11-12-13-14-15-16-17-18-19-20-21-22-23-24-25-26-27-28-29-30(31)32/h7-8H,2-6,9-29H2,1H3,(H,31,32)/b8-7+. The summed E-state index contributed by atoms with van der Waals surface area (Å²) in [5.41, 5.74) is 0. The molecule has 0 fully saturated rings. The molecule has 0 radical (unpaired) electrons. The van der Waals surface area contributed by atoms with Crippen molar-refractivity contribution in [3.05, 3.63) is 12.2 Å². The second kappa shape index (κ2) is 28.2. The smallest absolute Gasteiger partial charge is 0.303 e. The van der Waals surface area contributed by atoms with E-state index in [0.29, 0.717) is 6.42 Å². The molecular formula is C30H58O2. The van der Waals surface area contributed by atoms with Crippen molar-refractivity contribution in [2.24, 2.45) is 0 Å². The summed E-state index contributed by atoms with van der Waals surface area (Å²) < 4.78 is 0. The number of carboxylic acid groups (broad SMARTS) is 1. The van der Waals surface area contributed by atoms with E-state index < -0.39 is 5.97 Å². The van der Waals surface area contributed by atoms with Crippen molar-refractivity contribution in [2.75, 3.05) is 0 Å². The lowest BCUT2D eigenvalue weighted by Gasteiger charge is -2.04. The zero-order valence-electron chi connectivity index (χ0n) is 21.9. The summed E-state index contributed by atoms with van der Waals surface area (Å²) in [6, 6.07) is 0. The van der Waals surface area contributed by atoms with Gasteiger partial charge in [0.25, 0.3) is 0 Å². The van der Waals surface area contributed by atoms with E-state index in [-0.39, 0.29) is 0 Å². The normalized spacial score (nSPS) is 11.5. The molecule has 0 heterocycles. The van der Waals surface area contributed by atoms with Crippen LogP contribution < -0.4 is 0 Å². The summed E-state index contributed by atoms with van der Waals surface area (Å²) in [5.74, 6) is -0.650. The fourth-order valence-corrected chi connectivity index (χ4v) is 4.47. The molecule has 1 N–H and O–H groups in total. The van der Waals surface area contributed by atoms with Gasteiger partial charge in [-0.2, -0.15) is 0 Å². The molecule has 0 aliphatic heterocycles. The van der Waals surface area contributed by atoms with E-state index in [1.165, 1.54) is 148 Å². The van der Waals surface area contributed by atoms with Crippen LogP contribution in [0, 0.1) is 0 Å². The van der Waals surface area contributed by atoms with Crippen LogP contribution in [0.4, 0.5) is 0 Å². The Kier molecular flexibility index (Phi) is 27.5. The lowest BCUT2D eigenvalue weighted by molar-refractivity contribution is -0.137. The molecule has 0 unspecified atom stereocenters. The SMILES string of the molecule is CCCCCC/C=C/CCCCCCCCCCCCCCCCCCCCCC(=O)O. The van der Waals surface area contributed by atoms with Gasteiger partial charge in [0.2, 0.25) is 0 Å². The highest BCUT2D eigenvalue weighted by molar-refractivity contribution is 5.66. The van der Waals surface area contributed by atoms with E-state index in [1.807, 2.05) is 0 Å². The minimum Gasteiger partial charge on any atom is -0.481 e. The first-order chi connectivity index (χ1) is 15.8. The molecule has 0 aromatic carbocycles. The maximum absolute atomic E-state index is 10.4. The van der Waals surface area contributed by atoms with Crippen molar-refractivity contribution in [1.29, 1.82) is 0 Å². The third-order valence-electron chi connectivity index (χ3n) is 6.65. The zero-order chi connectivity index (χ0) is 23.4. The molecule has 32 heavy (non-hydrogen) atoms. The van der Waals surface area contributed by atoms with Gasteiger partial charge in [0.05, 0.1) is 0 Å². The van der Waals surface area contributed by atoms with Crippen LogP contribution in [-0.4, -0.2) is 11.1 Å². The third kappa shape index (κ3) is 29.2. The first kappa shape index (κ1) is 31.2. The summed E-state index contributed by atoms with van der Waals surface area (Å²) >= 11 is 0. The molecule has 0 aliphatic carbocycles. The van der Waals surface area contributed by atoms with Gasteiger partial charge in [-0.1, -0.05) is 147 Å². The van der Waals surface area contributed by atoms with E-state index in [4.69, 9.17) is 5.11 Å². The number of hydrogen-bond donors (Lipinski definition) is 1. The number of carbonyl (C=O) groups is 1. The lowest BCUT2D eigenvalue weighted by Crippen LogP contribution is -1.93. The molecule has 2 nitrogen and oxygen atoms in total. The number of aliphatic carboxylic acids is 1. The Balaban J connectivity index is 3.05. The van der Waals surface area contributed by atoms with E-state index >= 15 is 0 Å². The molecule has 2 heteroatoms. The second-order valence-corrected chi connectivity index (χ2v) is 9.97. The summed E-state index contributed by atoms with van der Waals surface area (Å²) in [5, 5.41) is 8.60. The third-order valence-corrected chi connectivity index (χ3v) is 6.65. The average molecular weight is 451 g/mol. The van der Waals surface area contributed by atoms with Crippen molar-refractivity contribution in [3.63, 3.8) is 0 Å².